The number of carbonyl (C=O) groups excluding carboxylic acids is 1. The fourth-order valence-corrected chi connectivity index (χ4v) is 4.13. The van der Waals surface area contributed by atoms with Gasteiger partial charge in [-0.1, -0.05) is 41.6 Å². The van der Waals surface area contributed by atoms with Crippen molar-refractivity contribution in [3.63, 3.8) is 0 Å². The highest BCUT2D eigenvalue weighted by Crippen LogP contribution is 2.16. The number of aromatic amines is 1. The average Bonchev–Trinajstić information content (AvgIpc) is 3.39. The molecule has 0 bridgehead atoms. The molecule has 0 fully saturated rings. The molecule has 0 aliphatic carbocycles. The summed E-state index contributed by atoms with van der Waals surface area (Å²) >= 11 is 0. The number of H-pyrrole nitrogens is 1. The Balaban J connectivity index is 1.41. The van der Waals surface area contributed by atoms with Gasteiger partial charge >= 0.3 is 11.4 Å². The van der Waals surface area contributed by atoms with Crippen LogP contribution in [0.25, 0.3) is 22.3 Å². The molecule has 1 amide bonds. The third-order valence-corrected chi connectivity index (χ3v) is 6.23. The van der Waals surface area contributed by atoms with Gasteiger partial charge in [-0.25, -0.2) is 9.59 Å². The Hall–Kier alpha value is -5.19. The number of amides is 1. The van der Waals surface area contributed by atoms with E-state index in [1.807, 2.05) is 24.3 Å². The van der Waals surface area contributed by atoms with Gasteiger partial charge in [-0.15, -0.1) is 0 Å². The Morgan fingerprint density at radius 2 is 1.71 bits per heavy atom. The highest BCUT2D eigenvalue weighted by molar-refractivity contribution is 5.97. The number of benzene rings is 3. The molecule has 0 atom stereocenters. The summed E-state index contributed by atoms with van der Waals surface area (Å²) < 4.78 is 12.2. The van der Waals surface area contributed by atoms with Gasteiger partial charge in [0.1, 0.15) is 5.75 Å². The number of nitrogens with zero attached hydrogens (tertiary/aromatic N) is 3. The van der Waals surface area contributed by atoms with Crippen molar-refractivity contribution in [1.29, 1.82) is 0 Å². The van der Waals surface area contributed by atoms with Gasteiger partial charge in [0, 0.05) is 24.7 Å². The Morgan fingerprint density at radius 3 is 2.37 bits per heavy atom. The lowest BCUT2D eigenvalue weighted by atomic mass is 10.1. The number of aromatic nitrogens is 4. The lowest BCUT2D eigenvalue weighted by Gasteiger charge is -2.12. The van der Waals surface area contributed by atoms with Gasteiger partial charge in [-0.3, -0.25) is 28.2 Å². The van der Waals surface area contributed by atoms with Crippen molar-refractivity contribution in [2.24, 2.45) is 7.05 Å². The summed E-state index contributed by atoms with van der Waals surface area (Å²) in [5.74, 6) is -0.00929. The minimum atomic E-state index is -0.663. The molecule has 3 aromatic carbocycles. The van der Waals surface area contributed by atoms with Crippen LogP contribution in [0, 0.1) is 0 Å². The van der Waals surface area contributed by atoms with E-state index in [9.17, 15) is 19.2 Å². The summed E-state index contributed by atoms with van der Waals surface area (Å²) in [6, 6.07) is 18.9. The second-order valence-electron chi connectivity index (χ2n) is 8.64. The topological polar surface area (TPSA) is 141 Å². The molecule has 5 rings (SSSR count). The fourth-order valence-electron chi connectivity index (χ4n) is 4.13. The quantitative estimate of drug-likeness (QED) is 0.339. The van der Waals surface area contributed by atoms with Crippen molar-refractivity contribution < 1.29 is 14.1 Å². The summed E-state index contributed by atoms with van der Waals surface area (Å²) in [4.78, 5) is 52.8. The van der Waals surface area contributed by atoms with Crippen LogP contribution in [0.3, 0.4) is 0 Å². The fraction of sp³-hybridized carbons (Fsp3) is 0.148. The maximum absolute atomic E-state index is 13.4. The molecule has 192 valence electrons. The van der Waals surface area contributed by atoms with Crippen LogP contribution in [0.5, 0.6) is 5.75 Å². The van der Waals surface area contributed by atoms with Crippen LogP contribution in [0.4, 0.5) is 0 Å². The first-order valence-corrected chi connectivity index (χ1v) is 11.6. The Morgan fingerprint density at radius 1 is 1.00 bits per heavy atom. The van der Waals surface area contributed by atoms with E-state index in [-0.39, 0.29) is 23.7 Å². The van der Waals surface area contributed by atoms with Crippen molar-refractivity contribution in [2.45, 2.75) is 13.1 Å². The molecule has 5 aromatic rings. The summed E-state index contributed by atoms with van der Waals surface area (Å²) in [5.41, 5.74) is 1.94. The zero-order valence-corrected chi connectivity index (χ0v) is 20.6. The van der Waals surface area contributed by atoms with E-state index < -0.39 is 17.0 Å². The number of rotatable bonds is 7. The molecule has 2 aromatic heterocycles. The molecular formula is C27H23N5O6. The molecule has 38 heavy (non-hydrogen) atoms. The maximum atomic E-state index is 13.4. The van der Waals surface area contributed by atoms with Gasteiger partial charge in [0.05, 0.1) is 24.6 Å². The van der Waals surface area contributed by atoms with Crippen LogP contribution in [0.2, 0.25) is 0 Å². The first-order chi connectivity index (χ1) is 18.3. The summed E-state index contributed by atoms with van der Waals surface area (Å²) in [5, 5.41) is 6.74. The van der Waals surface area contributed by atoms with Gasteiger partial charge in [0.25, 0.3) is 11.5 Å². The van der Waals surface area contributed by atoms with E-state index in [4.69, 9.17) is 4.74 Å². The zero-order chi connectivity index (χ0) is 26.8. The molecule has 0 saturated heterocycles. The lowest BCUT2D eigenvalue weighted by Crippen LogP contribution is -2.39. The van der Waals surface area contributed by atoms with Crippen molar-refractivity contribution in [3.8, 4) is 17.1 Å². The third kappa shape index (κ3) is 4.76. The van der Waals surface area contributed by atoms with E-state index >= 15 is 0 Å². The number of fused-ring (bicyclic) bond motifs is 1. The second kappa shape index (κ2) is 10.1. The minimum Gasteiger partial charge on any atom is -0.497 e. The summed E-state index contributed by atoms with van der Waals surface area (Å²) in [6.07, 6.45) is 0. The Labute approximate surface area is 214 Å². The standard InChI is InChI=1S/C27H23N5O6/c1-31-22-12-9-19(24(33)28-14-16-5-10-20(37-2)11-6-16)13-21(22)25(34)32(27(31)36)15-17-3-7-18(8-4-17)23-29-26(35)38-30-23/h3-13H,14-15H2,1-2H3,(H,28,33)(H,29,30,35). The summed E-state index contributed by atoms with van der Waals surface area (Å²) in [7, 11) is 3.16. The van der Waals surface area contributed by atoms with E-state index in [0.717, 1.165) is 15.9 Å². The molecule has 11 heteroatoms. The maximum Gasteiger partial charge on any atom is 0.439 e. The monoisotopic (exact) mass is 513 g/mol. The van der Waals surface area contributed by atoms with Crippen LogP contribution in [-0.4, -0.2) is 32.3 Å². The SMILES string of the molecule is COc1ccc(CNC(=O)c2ccc3c(c2)c(=O)n(Cc2ccc(-c4noc(=O)[nH]4)cc2)c(=O)n3C)cc1. The predicted octanol–water partition coefficient (Wildman–Crippen LogP) is 2.03. The molecule has 0 spiro atoms. The molecule has 0 aliphatic heterocycles. The highest BCUT2D eigenvalue weighted by atomic mass is 16.5. The van der Waals surface area contributed by atoms with Crippen molar-refractivity contribution in [3.05, 3.63) is 115 Å². The number of hydrogen-bond acceptors (Lipinski definition) is 7. The van der Waals surface area contributed by atoms with Crippen LogP contribution in [-0.2, 0) is 20.1 Å². The zero-order valence-electron chi connectivity index (χ0n) is 20.6. The van der Waals surface area contributed by atoms with Gasteiger partial charge in [0.15, 0.2) is 5.82 Å². The number of carbonyl (C=O) groups is 1. The van der Waals surface area contributed by atoms with Crippen molar-refractivity contribution >= 4 is 16.8 Å². The Bertz CT molecular complexity index is 1810. The van der Waals surface area contributed by atoms with E-state index in [2.05, 4.69) is 20.0 Å². The van der Waals surface area contributed by atoms with Crippen molar-refractivity contribution in [1.82, 2.24) is 24.6 Å². The molecular weight excluding hydrogens is 490 g/mol. The highest BCUT2D eigenvalue weighted by Gasteiger charge is 2.15. The van der Waals surface area contributed by atoms with Gasteiger partial charge in [0.2, 0.25) is 0 Å². The lowest BCUT2D eigenvalue weighted by molar-refractivity contribution is 0.0951. The molecule has 2 N–H and O–H groups in total. The van der Waals surface area contributed by atoms with E-state index in [1.165, 1.54) is 10.6 Å². The number of methoxy groups -OCH3 is 1. The number of hydrogen-bond donors (Lipinski definition) is 2. The van der Waals surface area contributed by atoms with Gasteiger partial charge < -0.3 is 10.1 Å². The third-order valence-electron chi connectivity index (χ3n) is 6.23. The summed E-state index contributed by atoms with van der Waals surface area (Å²) in [6.45, 7) is 0.321. The minimum absolute atomic E-state index is 0.0188. The molecule has 2 heterocycles. The predicted molar refractivity (Wildman–Crippen MR) is 139 cm³/mol. The first kappa shape index (κ1) is 24.5. The van der Waals surface area contributed by atoms with Crippen LogP contribution >= 0.6 is 0 Å². The molecule has 0 unspecified atom stereocenters. The molecule has 0 aliphatic rings. The van der Waals surface area contributed by atoms with Crippen LogP contribution < -0.4 is 27.1 Å². The van der Waals surface area contributed by atoms with Crippen LogP contribution in [0.15, 0.2) is 85.6 Å². The molecule has 11 nitrogen and oxygen atoms in total. The van der Waals surface area contributed by atoms with Gasteiger partial charge in [-0.2, -0.15) is 0 Å². The van der Waals surface area contributed by atoms with Crippen molar-refractivity contribution in [2.75, 3.05) is 7.11 Å². The number of nitrogens with one attached hydrogen (secondary N) is 2. The number of ether oxygens (including phenoxy) is 1. The second-order valence-corrected chi connectivity index (χ2v) is 8.64. The first-order valence-electron chi connectivity index (χ1n) is 11.6. The number of aryl methyl sites for hydroxylation is 1. The van der Waals surface area contributed by atoms with Crippen LogP contribution in [0.1, 0.15) is 21.5 Å². The Kier molecular flexibility index (Phi) is 6.48. The van der Waals surface area contributed by atoms with E-state index in [0.29, 0.717) is 28.8 Å². The molecule has 0 saturated carbocycles. The van der Waals surface area contributed by atoms with E-state index in [1.54, 1.807) is 50.6 Å². The molecule has 0 radical (unpaired) electrons. The largest absolute Gasteiger partial charge is 0.497 e. The normalized spacial score (nSPS) is 11.0. The van der Waals surface area contributed by atoms with Gasteiger partial charge in [-0.05, 0) is 41.5 Å². The smallest absolute Gasteiger partial charge is 0.439 e. The average molecular weight is 514 g/mol.